The average molecular weight is 412 g/mol. The lowest BCUT2D eigenvalue weighted by atomic mass is 10.0. The minimum Gasteiger partial charge on any atom is -0.383 e. The van der Waals surface area contributed by atoms with Crippen LogP contribution in [0.25, 0.3) is 0 Å². The summed E-state index contributed by atoms with van der Waals surface area (Å²) in [6, 6.07) is 8.58. The summed E-state index contributed by atoms with van der Waals surface area (Å²) in [7, 11) is 1.44. The molecule has 0 saturated carbocycles. The monoisotopic (exact) mass is 412 g/mol. The SMILES string of the molecule is CCCCn1c(N)c(N(C)C(=O)[C@@H](Cc2ccccc2)n2cnnn2)c(=O)[nH]c1=O. The van der Waals surface area contributed by atoms with Gasteiger partial charge in [-0.3, -0.25) is 19.1 Å². The molecule has 0 aliphatic rings. The third-order valence-corrected chi connectivity index (χ3v) is 4.86. The first-order valence-corrected chi connectivity index (χ1v) is 9.60. The van der Waals surface area contributed by atoms with Crippen molar-refractivity contribution in [2.45, 2.75) is 38.8 Å². The second-order valence-corrected chi connectivity index (χ2v) is 6.89. The Balaban J connectivity index is 1.99. The lowest BCUT2D eigenvalue weighted by molar-refractivity contribution is -0.121. The number of benzene rings is 1. The molecule has 0 saturated heterocycles. The van der Waals surface area contributed by atoms with Crippen LogP contribution in [0.1, 0.15) is 31.4 Å². The van der Waals surface area contributed by atoms with Crippen LogP contribution in [0.2, 0.25) is 0 Å². The van der Waals surface area contributed by atoms with Crippen molar-refractivity contribution in [3.63, 3.8) is 0 Å². The Bertz CT molecular complexity index is 1110. The van der Waals surface area contributed by atoms with Gasteiger partial charge in [-0.25, -0.2) is 9.48 Å². The average Bonchev–Trinajstić information content (AvgIpc) is 3.26. The molecule has 0 aliphatic heterocycles. The van der Waals surface area contributed by atoms with Crippen LogP contribution >= 0.6 is 0 Å². The molecule has 11 heteroatoms. The number of carbonyl (C=O) groups is 1. The number of hydrogen-bond acceptors (Lipinski definition) is 7. The Morgan fingerprint density at radius 2 is 2.00 bits per heavy atom. The molecule has 0 radical (unpaired) electrons. The van der Waals surface area contributed by atoms with E-state index < -0.39 is 23.2 Å². The summed E-state index contributed by atoms with van der Waals surface area (Å²) in [4.78, 5) is 41.5. The number of H-pyrrole nitrogens is 1. The molecular formula is C19H24N8O3. The summed E-state index contributed by atoms with van der Waals surface area (Å²) in [5, 5.41) is 11.1. The van der Waals surface area contributed by atoms with Crippen LogP contribution < -0.4 is 21.9 Å². The third kappa shape index (κ3) is 4.29. The van der Waals surface area contributed by atoms with Gasteiger partial charge in [-0.15, -0.1) is 5.10 Å². The van der Waals surface area contributed by atoms with E-state index in [0.29, 0.717) is 19.4 Å². The van der Waals surface area contributed by atoms with Crippen LogP contribution in [0.15, 0.2) is 46.2 Å². The number of hydrogen-bond donors (Lipinski definition) is 2. The summed E-state index contributed by atoms with van der Waals surface area (Å²) in [5.41, 5.74) is 5.63. The van der Waals surface area contributed by atoms with Crippen LogP contribution in [-0.2, 0) is 17.8 Å². The van der Waals surface area contributed by atoms with Crippen molar-refractivity contribution in [3.05, 3.63) is 63.1 Å². The molecule has 1 amide bonds. The lowest BCUT2D eigenvalue weighted by Gasteiger charge is -2.25. The molecule has 0 unspecified atom stereocenters. The first kappa shape index (κ1) is 21.0. The largest absolute Gasteiger partial charge is 0.383 e. The van der Waals surface area contributed by atoms with Crippen molar-refractivity contribution in [2.75, 3.05) is 17.7 Å². The zero-order chi connectivity index (χ0) is 21.7. The zero-order valence-electron chi connectivity index (χ0n) is 16.9. The molecule has 30 heavy (non-hydrogen) atoms. The van der Waals surface area contributed by atoms with E-state index in [2.05, 4.69) is 20.5 Å². The van der Waals surface area contributed by atoms with Gasteiger partial charge in [0.1, 0.15) is 18.2 Å². The molecule has 3 N–H and O–H groups in total. The number of likely N-dealkylation sites (N-methyl/N-ethyl adjacent to an activating group) is 1. The van der Waals surface area contributed by atoms with E-state index in [9.17, 15) is 14.4 Å². The van der Waals surface area contributed by atoms with Gasteiger partial charge in [0.25, 0.3) is 11.5 Å². The van der Waals surface area contributed by atoms with Gasteiger partial charge >= 0.3 is 5.69 Å². The highest BCUT2D eigenvalue weighted by molar-refractivity contribution is 5.97. The molecule has 0 aliphatic carbocycles. The van der Waals surface area contributed by atoms with Gasteiger partial charge in [0.15, 0.2) is 5.69 Å². The fourth-order valence-electron chi connectivity index (χ4n) is 3.22. The minimum absolute atomic E-state index is 0.0526. The first-order valence-electron chi connectivity index (χ1n) is 9.60. The van der Waals surface area contributed by atoms with Gasteiger partial charge in [-0.1, -0.05) is 43.7 Å². The van der Waals surface area contributed by atoms with E-state index in [1.54, 1.807) is 0 Å². The van der Waals surface area contributed by atoms with E-state index in [1.165, 1.54) is 22.6 Å². The second-order valence-electron chi connectivity index (χ2n) is 6.89. The van der Waals surface area contributed by atoms with E-state index >= 15 is 0 Å². The highest BCUT2D eigenvalue weighted by Crippen LogP contribution is 2.21. The van der Waals surface area contributed by atoms with Crippen molar-refractivity contribution in [1.29, 1.82) is 0 Å². The number of nitrogens with zero attached hydrogens (tertiary/aromatic N) is 6. The number of anilines is 2. The Kier molecular flexibility index (Phi) is 6.40. The molecular weight excluding hydrogens is 388 g/mol. The van der Waals surface area contributed by atoms with Crippen molar-refractivity contribution in [1.82, 2.24) is 29.8 Å². The fraction of sp³-hybridized carbons (Fsp3) is 0.368. The number of nitrogen functional groups attached to an aromatic ring is 1. The van der Waals surface area contributed by atoms with Crippen LogP contribution in [0.4, 0.5) is 11.5 Å². The maximum absolute atomic E-state index is 13.4. The maximum Gasteiger partial charge on any atom is 0.330 e. The molecule has 0 bridgehead atoms. The van der Waals surface area contributed by atoms with E-state index in [-0.39, 0.29) is 11.5 Å². The predicted octanol–water partition coefficient (Wildman–Crippen LogP) is 0.352. The number of unbranched alkanes of at least 4 members (excludes halogenated alkanes) is 1. The van der Waals surface area contributed by atoms with Crippen LogP contribution in [0, 0.1) is 0 Å². The molecule has 158 valence electrons. The number of aromatic amines is 1. The molecule has 11 nitrogen and oxygen atoms in total. The summed E-state index contributed by atoms with van der Waals surface area (Å²) in [6.07, 6.45) is 3.19. The van der Waals surface area contributed by atoms with Crippen LogP contribution in [0.3, 0.4) is 0 Å². The molecule has 3 rings (SSSR count). The van der Waals surface area contributed by atoms with Gasteiger partial charge in [-0.2, -0.15) is 0 Å². The molecule has 2 heterocycles. The third-order valence-electron chi connectivity index (χ3n) is 4.86. The van der Waals surface area contributed by atoms with E-state index in [4.69, 9.17) is 5.73 Å². The number of rotatable bonds is 8. The molecule has 0 fully saturated rings. The van der Waals surface area contributed by atoms with Gasteiger partial charge in [0.2, 0.25) is 0 Å². The topological polar surface area (TPSA) is 145 Å². The number of amides is 1. The van der Waals surface area contributed by atoms with Crippen molar-refractivity contribution < 1.29 is 4.79 Å². The highest BCUT2D eigenvalue weighted by atomic mass is 16.2. The lowest BCUT2D eigenvalue weighted by Crippen LogP contribution is -2.42. The number of nitrogens with one attached hydrogen (secondary N) is 1. The number of tetrazole rings is 1. The van der Waals surface area contributed by atoms with Gasteiger partial charge in [-0.05, 0) is 22.4 Å². The standard InChI is InChI=1S/C19H24N8O3/c1-3-4-10-26-16(20)15(17(28)22-19(26)30)25(2)18(29)14(27-12-21-23-24-27)11-13-8-6-5-7-9-13/h5-9,12,14H,3-4,10-11,20H2,1-2H3,(H,22,28,30)/t14-/m1/s1. The minimum atomic E-state index is -0.804. The predicted molar refractivity (Wildman–Crippen MR) is 111 cm³/mol. The zero-order valence-corrected chi connectivity index (χ0v) is 16.9. The molecule has 2 aromatic heterocycles. The smallest absolute Gasteiger partial charge is 0.330 e. The molecule has 1 atom stereocenters. The van der Waals surface area contributed by atoms with Crippen molar-refractivity contribution in [3.8, 4) is 0 Å². The normalized spacial score (nSPS) is 11.9. The number of aromatic nitrogens is 6. The maximum atomic E-state index is 13.4. The Morgan fingerprint density at radius 1 is 1.27 bits per heavy atom. The van der Waals surface area contributed by atoms with E-state index in [1.807, 2.05) is 37.3 Å². The summed E-state index contributed by atoms with van der Waals surface area (Å²) in [5.74, 6) is -0.493. The van der Waals surface area contributed by atoms with Gasteiger partial charge in [0, 0.05) is 20.0 Å². The Morgan fingerprint density at radius 3 is 2.63 bits per heavy atom. The fourth-order valence-corrected chi connectivity index (χ4v) is 3.22. The Labute approximate surface area is 172 Å². The van der Waals surface area contributed by atoms with Gasteiger partial charge in [0.05, 0.1) is 0 Å². The van der Waals surface area contributed by atoms with E-state index in [0.717, 1.165) is 16.9 Å². The van der Waals surface area contributed by atoms with Crippen molar-refractivity contribution >= 4 is 17.4 Å². The highest BCUT2D eigenvalue weighted by Gasteiger charge is 2.29. The summed E-state index contributed by atoms with van der Waals surface area (Å²) in [6.45, 7) is 2.32. The number of nitrogens with two attached hydrogens (primary N) is 1. The molecule has 1 aromatic carbocycles. The Hall–Kier alpha value is -3.76. The quantitative estimate of drug-likeness (QED) is 0.543. The van der Waals surface area contributed by atoms with Gasteiger partial charge < -0.3 is 10.6 Å². The second kappa shape index (κ2) is 9.16. The summed E-state index contributed by atoms with van der Waals surface area (Å²) >= 11 is 0. The van der Waals surface area contributed by atoms with Crippen molar-refractivity contribution in [2.24, 2.45) is 0 Å². The van der Waals surface area contributed by atoms with Crippen LogP contribution in [0.5, 0.6) is 0 Å². The first-order chi connectivity index (χ1) is 14.4. The number of carbonyl (C=O) groups excluding carboxylic acids is 1. The van der Waals surface area contributed by atoms with Crippen LogP contribution in [-0.4, -0.2) is 42.7 Å². The molecule has 3 aromatic rings. The summed E-state index contributed by atoms with van der Waals surface area (Å²) < 4.78 is 2.61. The molecule has 0 spiro atoms.